The van der Waals surface area contributed by atoms with Gasteiger partial charge >= 0.3 is 0 Å². The lowest BCUT2D eigenvalue weighted by atomic mass is 10.1. The number of hydrogen-bond donors (Lipinski definition) is 2. The fraction of sp³-hybridized carbons (Fsp3) is 0.417. The summed E-state index contributed by atoms with van der Waals surface area (Å²) < 4.78 is 0.952. The molecule has 0 unspecified atom stereocenters. The highest BCUT2D eigenvalue weighted by Gasteiger charge is 2.15. The van der Waals surface area contributed by atoms with Crippen LogP contribution >= 0.6 is 15.9 Å². The zero-order valence-electron chi connectivity index (χ0n) is 9.41. The standard InChI is InChI=1S/C12H15BrN2O2/c13-10-3-1-9(2-4-10)12(16)15-17-11-5-7-14-8-6-11/h1-4,11,14H,5-8H2,(H,15,16). The molecular weight excluding hydrogens is 284 g/mol. The highest BCUT2D eigenvalue weighted by molar-refractivity contribution is 9.10. The monoisotopic (exact) mass is 298 g/mol. The van der Waals surface area contributed by atoms with E-state index >= 15 is 0 Å². The van der Waals surface area contributed by atoms with Crippen LogP contribution < -0.4 is 10.8 Å². The molecular formula is C12H15BrN2O2. The topological polar surface area (TPSA) is 50.4 Å². The maximum atomic E-state index is 11.7. The van der Waals surface area contributed by atoms with E-state index in [4.69, 9.17) is 4.84 Å². The number of carbonyl (C=O) groups excluding carboxylic acids is 1. The summed E-state index contributed by atoms with van der Waals surface area (Å²) in [5.74, 6) is -0.198. The quantitative estimate of drug-likeness (QED) is 0.838. The summed E-state index contributed by atoms with van der Waals surface area (Å²) >= 11 is 3.33. The van der Waals surface area contributed by atoms with Gasteiger partial charge in [0, 0.05) is 10.0 Å². The Balaban J connectivity index is 1.82. The first-order valence-electron chi connectivity index (χ1n) is 5.68. The molecule has 17 heavy (non-hydrogen) atoms. The van der Waals surface area contributed by atoms with Crippen LogP contribution in [0.3, 0.4) is 0 Å². The van der Waals surface area contributed by atoms with Gasteiger partial charge in [0.1, 0.15) is 0 Å². The van der Waals surface area contributed by atoms with Gasteiger partial charge in [-0.1, -0.05) is 15.9 Å². The lowest BCUT2D eigenvalue weighted by Crippen LogP contribution is -2.37. The normalized spacial score (nSPS) is 16.8. The second-order valence-corrected chi connectivity index (χ2v) is 4.92. The Labute approximate surface area is 109 Å². The van der Waals surface area contributed by atoms with Crippen LogP contribution in [-0.2, 0) is 4.84 Å². The molecule has 2 rings (SSSR count). The van der Waals surface area contributed by atoms with Crippen molar-refractivity contribution in [1.29, 1.82) is 0 Å². The van der Waals surface area contributed by atoms with E-state index in [0.29, 0.717) is 5.56 Å². The third-order valence-electron chi connectivity index (χ3n) is 2.71. The lowest BCUT2D eigenvalue weighted by molar-refractivity contribution is -0.0282. The number of carbonyl (C=O) groups is 1. The molecule has 0 radical (unpaired) electrons. The fourth-order valence-corrected chi connectivity index (χ4v) is 1.97. The van der Waals surface area contributed by atoms with E-state index in [-0.39, 0.29) is 12.0 Å². The van der Waals surface area contributed by atoms with Crippen molar-refractivity contribution >= 4 is 21.8 Å². The molecule has 0 spiro atoms. The first kappa shape index (κ1) is 12.5. The SMILES string of the molecule is O=C(NOC1CCNCC1)c1ccc(Br)cc1. The maximum absolute atomic E-state index is 11.7. The molecule has 1 heterocycles. The van der Waals surface area contributed by atoms with E-state index in [1.165, 1.54) is 0 Å². The summed E-state index contributed by atoms with van der Waals surface area (Å²) in [6.07, 6.45) is 1.98. The molecule has 1 fully saturated rings. The van der Waals surface area contributed by atoms with E-state index in [9.17, 15) is 4.79 Å². The smallest absolute Gasteiger partial charge is 0.274 e. The summed E-state index contributed by atoms with van der Waals surface area (Å²) in [6, 6.07) is 7.18. The van der Waals surface area contributed by atoms with Crippen LogP contribution in [0.2, 0.25) is 0 Å². The molecule has 0 atom stereocenters. The summed E-state index contributed by atoms with van der Waals surface area (Å²) in [4.78, 5) is 17.1. The Morgan fingerprint density at radius 3 is 2.59 bits per heavy atom. The molecule has 1 amide bonds. The average molecular weight is 299 g/mol. The number of piperidine rings is 1. The van der Waals surface area contributed by atoms with Gasteiger partial charge < -0.3 is 5.32 Å². The third-order valence-corrected chi connectivity index (χ3v) is 3.24. The van der Waals surface area contributed by atoms with Crippen LogP contribution in [0.5, 0.6) is 0 Å². The van der Waals surface area contributed by atoms with Crippen molar-refractivity contribution in [1.82, 2.24) is 10.8 Å². The van der Waals surface area contributed by atoms with E-state index in [1.807, 2.05) is 12.1 Å². The summed E-state index contributed by atoms with van der Waals surface area (Å²) in [7, 11) is 0. The van der Waals surface area contributed by atoms with Gasteiger partial charge in [0.15, 0.2) is 0 Å². The van der Waals surface area contributed by atoms with Gasteiger partial charge in [0.25, 0.3) is 5.91 Å². The van der Waals surface area contributed by atoms with Crippen LogP contribution in [0.1, 0.15) is 23.2 Å². The first-order valence-corrected chi connectivity index (χ1v) is 6.47. The van der Waals surface area contributed by atoms with Gasteiger partial charge in [-0.05, 0) is 50.2 Å². The van der Waals surface area contributed by atoms with Gasteiger partial charge in [-0.2, -0.15) is 0 Å². The minimum absolute atomic E-state index is 0.121. The maximum Gasteiger partial charge on any atom is 0.274 e. The largest absolute Gasteiger partial charge is 0.317 e. The Kier molecular flexibility index (Phi) is 4.53. The summed E-state index contributed by atoms with van der Waals surface area (Å²) in [6.45, 7) is 1.89. The van der Waals surface area contributed by atoms with Crippen molar-refractivity contribution in [2.24, 2.45) is 0 Å². The Morgan fingerprint density at radius 2 is 1.94 bits per heavy atom. The van der Waals surface area contributed by atoms with Crippen LogP contribution in [-0.4, -0.2) is 25.1 Å². The summed E-state index contributed by atoms with van der Waals surface area (Å²) in [5.41, 5.74) is 3.11. The van der Waals surface area contributed by atoms with Gasteiger partial charge in [-0.3, -0.25) is 9.63 Å². The number of nitrogens with one attached hydrogen (secondary N) is 2. The fourth-order valence-electron chi connectivity index (χ4n) is 1.71. The zero-order chi connectivity index (χ0) is 12.1. The van der Waals surface area contributed by atoms with Crippen molar-refractivity contribution in [3.8, 4) is 0 Å². The first-order chi connectivity index (χ1) is 8.25. The van der Waals surface area contributed by atoms with Crippen molar-refractivity contribution < 1.29 is 9.63 Å². The van der Waals surface area contributed by atoms with Crippen LogP contribution in [0.15, 0.2) is 28.7 Å². The van der Waals surface area contributed by atoms with Crippen LogP contribution in [0.25, 0.3) is 0 Å². The number of hydrogen-bond acceptors (Lipinski definition) is 3. The molecule has 2 N–H and O–H groups in total. The van der Waals surface area contributed by atoms with Crippen molar-refractivity contribution in [3.63, 3.8) is 0 Å². The molecule has 1 saturated heterocycles. The minimum Gasteiger partial charge on any atom is -0.317 e. The van der Waals surface area contributed by atoms with Crippen molar-refractivity contribution in [2.75, 3.05) is 13.1 Å². The molecule has 4 nitrogen and oxygen atoms in total. The predicted molar refractivity (Wildman–Crippen MR) is 68.6 cm³/mol. The van der Waals surface area contributed by atoms with Crippen molar-refractivity contribution in [3.05, 3.63) is 34.3 Å². The van der Waals surface area contributed by atoms with Crippen LogP contribution in [0, 0.1) is 0 Å². The van der Waals surface area contributed by atoms with Crippen molar-refractivity contribution in [2.45, 2.75) is 18.9 Å². The molecule has 1 aromatic carbocycles. The number of rotatable bonds is 3. The molecule has 1 aliphatic heterocycles. The predicted octanol–water partition coefficient (Wildman–Crippen LogP) is 1.86. The molecule has 0 aliphatic carbocycles. The molecule has 92 valence electrons. The zero-order valence-corrected chi connectivity index (χ0v) is 11.0. The Bertz CT molecular complexity index is 375. The number of amides is 1. The summed E-state index contributed by atoms with van der Waals surface area (Å²) in [5, 5.41) is 3.24. The van der Waals surface area contributed by atoms with E-state index in [1.54, 1.807) is 12.1 Å². The number of hydroxylamine groups is 1. The van der Waals surface area contributed by atoms with Gasteiger partial charge in [-0.15, -0.1) is 0 Å². The Hall–Kier alpha value is -0.910. The van der Waals surface area contributed by atoms with Gasteiger partial charge in [-0.25, -0.2) is 5.48 Å². The second kappa shape index (κ2) is 6.14. The van der Waals surface area contributed by atoms with Gasteiger partial charge in [0.2, 0.25) is 0 Å². The molecule has 0 aromatic heterocycles. The minimum atomic E-state index is -0.198. The molecule has 1 aromatic rings. The molecule has 5 heteroatoms. The second-order valence-electron chi connectivity index (χ2n) is 4.01. The van der Waals surface area contributed by atoms with Gasteiger partial charge in [0.05, 0.1) is 6.10 Å². The highest BCUT2D eigenvalue weighted by Crippen LogP contribution is 2.11. The average Bonchev–Trinajstić information content (AvgIpc) is 2.38. The molecule has 0 bridgehead atoms. The molecule has 0 saturated carbocycles. The Morgan fingerprint density at radius 1 is 1.29 bits per heavy atom. The lowest BCUT2D eigenvalue weighted by Gasteiger charge is -2.22. The van der Waals surface area contributed by atoms with E-state index in [2.05, 4.69) is 26.7 Å². The van der Waals surface area contributed by atoms with E-state index in [0.717, 1.165) is 30.4 Å². The van der Waals surface area contributed by atoms with E-state index < -0.39 is 0 Å². The third kappa shape index (κ3) is 3.80. The molecule has 1 aliphatic rings. The number of benzene rings is 1. The highest BCUT2D eigenvalue weighted by atomic mass is 79.9. The van der Waals surface area contributed by atoms with Crippen LogP contribution in [0.4, 0.5) is 0 Å². The number of halogens is 1.